The van der Waals surface area contributed by atoms with Crippen LogP contribution in [0.3, 0.4) is 0 Å². The maximum absolute atomic E-state index is 11.5. The van der Waals surface area contributed by atoms with Crippen LogP contribution in [0.1, 0.15) is 26.7 Å². The lowest BCUT2D eigenvalue weighted by Gasteiger charge is -2.26. The van der Waals surface area contributed by atoms with Crippen LogP contribution in [0.2, 0.25) is 0 Å². The lowest BCUT2D eigenvalue weighted by atomic mass is 9.96. The highest BCUT2D eigenvalue weighted by Gasteiger charge is 2.34. The third-order valence-corrected chi connectivity index (χ3v) is 2.55. The lowest BCUT2D eigenvalue weighted by molar-refractivity contribution is -0.147. The van der Waals surface area contributed by atoms with Gasteiger partial charge in [-0.05, 0) is 19.4 Å². The summed E-state index contributed by atoms with van der Waals surface area (Å²) in [5.41, 5.74) is -1.43. The van der Waals surface area contributed by atoms with E-state index in [2.05, 4.69) is 0 Å². The highest BCUT2D eigenvalue weighted by atomic mass is 16.4. The number of carboxylic acids is 1. The van der Waals surface area contributed by atoms with Gasteiger partial charge in [0.25, 0.3) is 5.56 Å². The molecule has 0 saturated carbocycles. The summed E-state index contributed by atoms with van der Waals surface area (Å²) in [6, 6.07) is 4.64. The number of rotatable bonds is 4. The molecule has 4 heteroatoms. The van der Waals surface area contributed by atoms with Crippen LogP contribution in [0.25, 0.3) is 0 Å². The van der Waals surface area contributed by atoms with Gasteiger partial charge in [-0.25, -0.2) is 4.79 Å². The topological polar surface area (TPSA) is 59.3 Å². The quantitative estimate of drug-likeness (QED) is 0.816. The summed E-state index contributed by atoms with van der Waals surface area (Å²) in [6.07, 6.45) is 2.67. The van der Waals surface area contributed by atoms with Crippen molar-refractivity contribution >= 4 is 5.97 Å². The van der Waals surface area contributed by atoms with Gasteiger partial charge in [0.15, 0.2) is 0 Å². The van der Waals surface area contributed by atoms with Crippen LogP contribution in [-0.4, -0.2) is 15.6 Å². The molecule has 0 bridgehead atoms. The summed E-state index contributed by atoms with van der Waals surface area (Å²) in [6.45, 7) is 3.47. The number of aliphatic carboxylic acids is 1. The predicted molar refractivity (Wildman–Crippen MR) is 56.9 cm³/mol. The maximum Gasteiger partial charge on any atom is 0.329 e. The second-order valence-corrected chi connectivity index (χ2v) is 3.74. The molecule has 0 fully saturated rings. The Morgan fingerprint density at radius 3 is 2.67 bits per heavy atom. The van der Waals surface area contributed by atoms with Gasteiger partial charge in [-0.3, -0.25) is 9.36 Å². The molecule has 1 unspecified atom stereocenters. The van der Waals surface area contributed by atoms with Crippen LogP contribution in [0.4, 0.5) is 0 Å². The lowest BCUT2D eigenvalue weighted by Crippen LogP contribution is -2.44. The molecule has 1 heterocycles. The Morgan fingerprint density at radius 2 is 2.20 bits per heavy atom. The number of aromatic nitrogens is 1. The molecule has 1 aromatic rings. The fourth-order valence-corrected chi connectivity index (χ4v) is 1.65. The average Bonchev–Trinajstić information content (AvgIpc) is 2.18. The zero-order chi connectivity index (χ0) is 11.5. The highest BCUT2D eigenvalue weighted by molar-refractivity contribution is 5.76. The molecule has 0 radical (unpaired) electrons. The van der Waals surface area contributed by atoms with Gasteiger partial charge in [0.2, 0.25) is 0 Å². The van der Waals surface area contributed by atoms with E-state index in [-0.39, 0.29) is 5.56 Å². The Hall–Kier alpha value is -1.58. The molecule has 1 aromatic heterocycles. The van der Waals surface area contributed by atoms with Crippen molar-refractivity contribution in [3.63, 3.8) is 0 Å². The molecule has 15 heavy (non-hydrogen) atoms. The summed E-state index contributed by atoms with van der Waals surface area (Å²) in [5, 5.41) is 9.18. The van der Waals surface area contributed by atoms with Gasteiger partial charge in [0.05, 0.1) is 0 Å². The second-order valence-electron chi connectivity index (χ2n) is 3.74. The van der Waals surface area contributed by atoms with Gasteiger partial charge in [-0.1, -0.05) is 19.4 Å². The minimum Gasteiger partial charge on any atom is -0.479 e. The Kier molecular flexibility index (Phi) is 3.29. The third-order valence-electron chi connectivity index (χ3n) is 2.55. The first-order valence-corrected chi connectivity index (χ1v) is 4.94. The van der Waals surface area contributed by atoms with Crippen LogP contribution in [0.15, 0.2) is 29.2 Å². The first kappa shape index (κ1) is 11.5. The summed E-state index contributed by atoms with van der Waals surface area (Å²) < 4.78 is 1.28. The number of pyridine rings is 1. The van der Waals surface area contributed by atoms with E-state index < -0.39 is 11.5 Å². The predicted octanol–water partition coefficient (Wildman–Crippen LogP) is 1.45. The van der Waals surface area contributed by atoms with Crippen LogP contribution < -0.4 is 5.56 Å². The van der Waals surface area contributed by atoms with Crippen molar-refractivity contribution in [3.05, 3.63) is 34.7 Å². The van der Waals surface area contributed by atoms with Gasteiger partial charge in [0.1, 0.15) is 5.54 Å². The molecule has 0 aliphatic heterocycles. The van der Waals surface area contributed by atoms with Crippen molar-refractivity contribution in [2.75, 3.05) is 0 Å². The standard InChI is InChI=1S/C11H15NO3/c1-3-7-11(2,10(14)15)12-8-5-4-6-9(12)13/h4-6,8H,3,7H2,1-2H3,(H,14,15). The normalized spacial score (nSPS) is 14.5. The molecule has 0 aliphatic rings. The molecule has 0 aromatic carbocycles. The van der Waals surface area contributed by atoms with E-state index in [0.29, 0.717) is 12.8 Å². The summed E-state index contributed by atoms with van der Waals surface area (Å²) >= 11 is 0. The van der Waals surface area contributed by atoms with Crippen molar-refractivity contribution < 1.29 is 9.90 Å². The van der Waals surface area contributed by atoms with Crippen molar-refractivity contribution in [2.45, 2.75) is 32.2 Å². The molecular weight excluding hydrogens is 194 g/mol. The molecule has 0 amide bonds. The summed E-state index contributed by atoms with van der Waals surface area (Å²) in [4.78, 5) is 22.7. The molecular formula is C11H15NO3. The van der Waals surface area contributed by atoms with Crippen LogP contribution >= 0.6 is 0 Å². The fourth-order valence-electron chi connectivity index (χ4n) is 1.65. The largest absolute Gasteiger partial charge is 0.479 e. The number of hydrogen-bond acceptors (Lipinski definition) is 2. The molecule has 1 atom stereocenters. The van der Waals surface area contributed by atoms with Crippen LogP contribution in [-0.2, 0) is 10.3 Å². The van der Waals surface area contributed by atoms with Gasteiger partial charge in [0, 0.05) is 12.3 Å². The van der Waals surface area contributed by atoms with Crippen molar-refractivity contribution in [2.24, 2.45) is 0 Å². The molecule has 0 aliphatic carbocycles. The van der Waals surface area contributed by atoms with Crippen molar-refractivity contribution in [1.82, 2.24) is 4.57 Å². The zero-order valence-corrected chi connectivity index (χ0v) is 8.93. The smallest absolute Gasteiger partial charge is 0.329 e. The van der Waals surface area contributed by atoms with E-state index in [1.54, 1.807) is 19.1 Å². The molecule has 0 spiro atoms. The number of carbonyl (C=O) groups is 1. The Labute approximate surface area is 88.2 Å². The van der Waals surface area contributed by atoms with E-state index in [4.69, 9.17) is 0 Å². The Bertz CT molecular complexity index is 410. The van der Waals surface area contributed by atoms with E-state index in [9.17, 15) is 14.7 Å². The van der Waals surface area contributed by atoms with E-state index in [0.717, 1.165) is 0 Å². The second kappa shape index (κ2) is 4.29. The zero-order valence-electron chi connectivity index (χ0n) is 8.93. The van der Waals surface area contributed by atoms with E-state index in [1.165, 1.54) is 16.8 Å². The summed E-state index contributed by atoms with van der Waals surface area (Å²) in [5.74, 6) is -0.974. The van der Waals surface area contributed by atoms with Gasteiger partial charge >= 0.3 is 5.97 Å². The first-order valence-electron chi connectivity index (χ1n) is 4.94. The number of carboxylic acid groups (broad SMARTS) is 1. The fraction of sp³-hybridized carbons (Fsp3) is 0.455. The highest BCUT2D eigenvalue weighted by Crippen LogP contribution is 2.20. The molecule has 1 N–H and O–H groups in total. The number of nitrogens with zero attached hydrogens (tertiary/aromatic N) is 1. The molecule has 1 rings (SSSR count). The third kappa shape index (κ3) is 2.09. The van der Waals surface area contributed by atoms with Gasteiger partial charge in [-0.2, -0.15) is 0 Å². The summed E-state index contributed by atoms with van der Waals surface area (Å²) in [7, 11) is 0. The van der Waals surface area contributed by atoms with Crippen LogP contribution in [0, 0.1) is 0 Å². The average molecular weight is 209 g/mol. The Balaban J connectivity index is 3.28. The van der Waals surface area contributed by atoms with Crippen molar-refractivity contribution in [3.8, 4) is 0 Å². The maximum atomic E-state index is 11.5. The first-order chi connectivity index (χ1) is 7.02. The molecule has 0 saturated heterocycles. The van der Waals surface area contributed by atoms with Crippen molar-refractivity contribution in [1.29, 1.82) is 0 Å². The minimum atomic E-state index is -1.15. The van der Waals surface area contributed by atoms with E-state index >= 15 is 0 Å². The van der Waals surface area contributed by atoms with Crippen LogP contribution in [0.5, 0.6) is 0 Å². The molecule has 82 valence electrons. The monoisotopic (exact) mass is 209 g/mol. The molecule has 4 nitrogen and oxygen atoms in total. The SMILES string of the molecule is CCCC(C)(C(=O)O)n1ccccc1=O. The Morgan fingerprint density at radius 1 is 1.53 bits per heavy atom. The van der Waals surface area contributed by atoms with Gasteiger partial charge < -0.3 is 5.11 Å². The minimum absolute atomic E-state index is 0.282. The van der Waals surface area contributed by atoms with E-state index in [1.807, 2.05) is 6.92 Å². The number of hydrogen-bond donors (Lipinski definition) is 1. The van der Waals surface area contributed by atoms with Gasteiger partial charge in [-0.15, -0.1) is 0 Å².